The van der Waals surface area contributed by atoms with E-state index in [0.717, 1.165) is 56.1 Å². The molecule has 0 aromatic heterocycles. The molecule has 6 fully saturated rings. The highest BCUT2D eigenvalue weighted by molar-refractivity contribution is 8.78. The van der Waals surface area contributed by atoms with Crippen LogP contribution in [0.2, 0.25) is 0 Å². The number of carbonyl (C=O) groups excluding carboxylic acids is 2. The lowest BCUT2D eigenvalue weighted by atomic mass is 9.43. The van der Waals surface area contributed by atoms with Crippen LogP contribution in [-0.4, -0.2) is 59.8 Å². The number of hydrogen-bond acceptors (Lipinski definition) is 10. The van der Waals surface area contributed by atoms with Crippen molar-refractivity contribution in [3.8, 4) is 0 Å². The fourth-order valence-corrected chi connectivity index (χ4v) is 64.9. The molecule has 88 heavy (non-hydrogen) atoms. The number of ketones is 2. The van der Waals surface area contributed by atoms with Gasteiger partial charge in [-0.15, -0.1) is 6.58 Å². The lowest BCUT2D eigenvalue weighted by Crippen LogP contribution is -2.63. The Kier molecular flexibility index (Phi) is 38.3. The molecule has 2 aromatic carbocycles. The van der Waals surface area contributed by atoms with Gasteiger partial charge in [-0.3, -0.25) is 9.59 Å². The highest BCUT2D eigenvalue weighted by atomic mass is 33.5. The molecule has 0 saturated heterocycles. The van der Waals surface area contributed by atoms with Gasteiger partial charge in [0.15, 0.2) is 0 Å². The Morgan fingerprint density at radius 3 is 1.23 bits per heavy atom. The third-order valence-electron chi connectivity index (χ3n) is 20.4. The van der Waals surface area contributed by atoms with E-state index in [1.54, 1.807) is 160 Å². The van der Waals surface area contributed by atoms with Gasteiger partial charge in [0.25, 0.3) is 0 Å². The molecule has 4 bridgehead atoms. The van der Waals surface area contributed by atoms with Crippen LogP contribution in [0.15, 0.2) is 73.3 Å². The largest absolute Gasteiger partial charge is 0.393 e. The SMILES string of the molecule is C.C.C=C[C@]1(C)C[C@@H](O)[C@@]2(C)C3C(=O)CC[C@@]3(CC[C@H]2C)[C@@H](C)[C@@H]1OCOCc1ccccc1.CC[C@]1(C)C[C@@H](O)[C@@]2(C)C3C(=O)CC[C@@]3(CC[C@H]2C)[C@@H](C)[C@@H]1OCOCc1ccccc1.S=S=S=S=S=S=S=S=S=S=S=S=S=S=S=S=S=S=S=S=S=S. The Balaban J connectivity index is 0.000000285. The summed E-state index contributed by atoms with van der Waals surface area (Å²) < 4.78 is 24.9. The smallest absolute Gasteiger partial charge is 0.147 e. The van der Waals surface area contributed by atoms with E-state index in [2.05, 4.69) is 81.0 Å². The molecular formula is C58H90O8S22. The second-order valence-electron chi connectivity index (χ2n) is 24.1. The van der Waals surface area contributed by atoms with Crippen molar-refractivity contribution >= 4 is 212 Å². The average molecular weight is 1620 g/mol. The molecule has 6 aliphatic rings. The highest BCUT2D eigenvalue weighted by Crippen LogP contribution is 2.69. The fourth-order valence-electron chi connectivity index (χ4n) is 15.5. The topological polar surface area (TPSA) is 112 Å². The lowest BCUT2D eigenvalue weighted by molar-refractivity contribution is -0.227. The molecule has 8 rings (SSSR count). The number of carbonyl (C=O) groups is 2. The van der Waals surface area contributed by atoms with E-state index >= 15 is 0 Å². The summed E-state index contributed by atoms with van der Waals surface area (Å²) in [6, 6.07) is 20.2. The summed E-state index contributed by atoms with van der Waals surface area (Å²) in [7, 11) is 34.5. The van der Waals surface area contributed by atoms with Crippen molar-refractivity contribution in [2.24, 2.45) is 68.0 Å². The van der Waals surface area contributed by atoms with Crippen LogP contribution in [0.1, 0.15) is 159 Å². The molecular weight excluding hydrogens is 1530 g/mol. The summed E-state index contributed by atoms with van der Waals surface area (Å²) in [5, 5.41) is 23.3. The van der Waals surface area contributed by atoms with Crippen molar-refractivity contribution in [2.45, 2.75) is 185 Å². The maximum atomic E-state index is 13.3. The Morgan fingerprint density at radius 1 is 0.534 bits per heavy atom. The lowest BCUT2D eigenvalue weighted by Gasteiger charge is -2.62. The first kappa shape index (κ1) is 82.5. The monoisotopic (exact) mass is 1620 g/mol. The Bertz CT molecular complexity index is 3550. The van der Waals surface area contributed by atoms with Gasteiger partial charge in [0, 0.05) is 241 Å². The van der Waals surface area contributed by atoms with E-state index in [1.165, 1.54) is 17.8 Å². The van der Waals surface area contributed by atoms with E-state index in [-0.39, 0.29) is 86.0 Å². The van der Waals surface area contributed by atoms with Gasteiger partial charge in [-0.25, -0.2) is 0 Å². The number of hydrogen-bond donors (Lipinski definition) is 2. The summed E-state index contributed by atoms with van der Waals surface area (Å²) in [5.74, 6) is 1.60. The van der Waals surface area contributed by atoms with Gasteiger partial charge in [-0.05, 0) is 109 Å². The molecule has 0 amide bonds. The molecule has 6 saturated carbocycles. The predicted molar refractivity (Wildman–Crippen MR) is 427 cm³/mol. The maximum Gasteiger partial charge on any atom is 0.147 e. The van der Waals surface area contributed by atoms with Crippen molar-refractivity contribution in [1.82, 2.24) is 0 Å². The summed E-state index contributed by atoms with van der Waals surface area (Å²) in [5.41, 5.74) is 0.695. The van der Waals surface area contributed by atoms with Gasteiger partial charge in [0.05, 0.1) is 37.6 Å². The summed E-state index contributed by atoms with van der Waals surface area (Å²) in [6.45, 7) is 25.7. The molecule has 8 nitrogen and oxygen atoms in total. The zero-order valence-corrected chi connectivity index (χ0v) is 67.7. The quantitative estimate of drug-likeness (QED) is 0.121. The Labute approximate surface area is 593 Å². The van der Waals surface area contributed by atoms with Crippen molar-refractivity contribution < 1.29 is 38.7 Å². The van der Waals surface area contributed by atoms with Gasteiger partial charge in [-0.1, -0.05) is 144 Å². The maximum absolute atomic E-state index is 13.3. The molecule has 0 heterocycles. The number of benzene rings is 2. The molecule has 0 radical (unpaired) electrons. The van der Waals surface area contributed by atoms with Gasteiger partial charge in [0.1, 0.15) is 25.2 Å². The third kappa shape index (κ3) is 20.8. The molecule has 502 valence electrons. The first-order chi connectivity index (χ1) is 41.3. The molecule has 2 aromatic rings. The molecule has 0 spiro atoms. The second kappa shape index (κ2) is 40.9. The zero-order chi connectivity index (χ0) is 62.4. The first-order valence-corrected chi connectivity index (χ1v) is 56.4. The number of aliphatic hydroxyl groups is 2. The van der Waals surface area contributed by atoms with Crippen LogP contribution in [0.25, 0.3) is 0 Å². The van der Waals surface area contributed by atoms with Crippen LogP contribution in [0, 0.1) is 68.0 Å². The van der Waals surface area contributed by atoms with E-state index < -0.39 is 23.0 Å². The highest BCUT2D eigenvalue weighted by Gasteiger charge is 2.69. The second-order valence-corrected chi connectivity index (χ2v) is 59.4. The minimum absolute atomic E-state index is 0. The van der Waals surface area contributed by atoms with E-state index in [0.29, 0.717) is 62.3 Å². The number of aliphatic hydroxyl groups excluding tert-OH is 2. The normalized spacial score (nSPS) is 33.9. The minimum atomic E-state index is -0.573. The van der Waals surface area contributed by atoms with E-state index in [9.17, 15) is 19.8 Å². The van der Waals surface area contributed by atoms with E-state index in [1.807, 2.05) is 54.6 Å². The number of rotatable bonds is 12. The van der Waals surface area contributed by atoms with Crippen LogP contribution in [-0.2, 0) is 242 Å². The number of Topliss-reactive ketones (excluding diaryl/α,β-unsaturated/α-hetero) is 2. The number of ether oxygens (including phenoxy) is 4. The Hall–Kier alpha value is 2.12. The molecule has 2 N–H and O–H groups in total. The molecule has 2 unspecified atom stereocenters. The molecule has 0 aliphatic heterocycles. The summed E-state index contributed by atoms with van der Waals surface area (Å²) >= 11 is 9.53. The van der Waals surface area contributed by atoms with Crippen molar-refractivity contribution in [1.29, 1.82) is 0 Å². The van der Waals surface area contributed by atoms with Crippen molar-refractivity contribution in [3.63, 3.8) is 0 Å². The first-order valence-electron chi connectivity index (χ1n) is 28.4. The minimum Gasteiger partial charge on any atom is -0.393 e. The van der Waals surface area contributed by atoms with Crippen LogP contribution >= 0.6 is 0 Å². The van der Waals surface area contributed by atoms with Gasteiger partial charge in [0.2, 0.25) is 0 Å². The molecule has 16 atom stereocenters. The van der Waals surface area contributed by atoms with Crippen molar-refractivity contribution in [2.75, 3.05) is 13.6 Å². The summed E-state index contributed by atoms with van der Waals surface area (Å²) in [6.07, 6.45) is 10.1. The van der Waals surface area contributed by atoms with Gasteiger partial charge < -0.3 is 29.2 Å². The zero-order valence-electron chi connectivity index (χ0n) is 49.8. The molecule has 30 heteroatoms. The van der Waals surface area contributed by atoms with Crippen LogP contribution in [0.3, 0.4) is 0 Å². The van der Waals surface area contributed by atoms with Crippen LogP contribution < -0.4 is 0 Å². The van der Waals surface area contributed by atoms with Crippen molar-refractivity contribution in [3.05, 3.63) is 84.4 Å². The van der Waals surface area contributed by atoms with Crippen LogP contribution in [0.4, 0.5) is 0 Å². The van der Waals surface area contributed by atoms with Crippen LogP contribution in [0.5, 0.6) is 0 Å². The Morgan fingerprint density at radius 2 is 0.875 bits per heavy atom. The molecule has 6 aliphatic carbocycles. The fraction of sp³-hybridized carbons (Fsp3) is 0.724. The average Bonchev–Trinajstić information content (AvgIpc) is 1.36. The van der Waals surface area contributed by atoms with Gasteiger partial charge in [-0.2, -0.15) is 0 Å². The van der Waals surface area contributed by atoms with Gasteiger partial charge >= 0.3 is 0 Å². The predicted octanol–water partition coefficient (Wildman–Crippen LogP) is 12.5. The van der Waals surface area contributed by atoms with E-state index in [4.69, 9.17) is 41.3 Å². The summed E-state index contributed by atoms with van der Waals surface area (Å²) in [4.78, 5) is 26.6. The standard InChI is InChI=1S/C28H42O4.C28H40O4.2CH4.S22/c2*1-6-26(4)16-23(30)27(5)19(2)12-14-28(15-13-22(29)24(27)28)20(3)25(26)32-18-31-17-21-10-8-7-9-11-21;;;1-3-5-7-9-11-13-15-17-19-21-22-20-18-16-14-12-10-8-6-4-2/h7-11,19-20,23-25,30H,6,12-18H2,1-5H3;6-11,19-20,23-25,30H,1,12-18H2,2-5H3;2*1H4;/t2*19-,20+,23-,24?,25+,26-,27+,28+;;;/m11.../s1. The third-order valence-corrected chi connectivity index (χ3v) is 62.6.